The third kappa shape index (κ3) is 2.95. The van der Waals surface area contributed by atoms with Crippen LogP contribution in [0.4, 0.5) is 10.8 Å². The normalized spacial score (nSPS) is 9.89. The summed E-state index contributed by atoms with van der Waals surface area (Å²) in [7, 11) is 1.66. The molecule has 1 aromatic carbocycles. The first-order chi connectivity index (χ1) is 9.26. The van der Waals surface area contributed by atoms with E-state index in [2.05, 4.69) is 15.8 Å². The quantitative estimate of drug-likeness (QED) is 0.873. The molecule has 0 aliphatic rings. The van der Waals surface area contributed by atoms with Crippen LogP contribution in [-0.4, -0.2) is 18.0 Å². The van der Waals surface area contributed by atoms with Gasteiger partial charge in [0.2, 0.25) is 0 Å². The van der Waals surface area contributed by atoms with Crippen molar-refractivity contribution in [3.8, 4) is 11.8 Å². The molecule has 5 nitrogen and oxygen atoms in total. The van der Waals surface area contributed by atoms with E-state index >= 15 is 0 Å². The van der Waals surface area contributed by atoms with Crippen molar-refractivity contribution < 1.29 is 4.74 Å². The van der Waals surface area contributed by atoms with Crippen molar-refractivity contribution in [1.29, 1.82) is 5.26 Å². The van der Waals surface area contributed by atoms with E-state index in [0.717, 1.165) is 22.7 Å². The number of ether oxygens (including phenoxy) is 1. The van der Waals surface area contributed by atoms with Crippen molar-refractivity contribution in [3.63, 3.8) is 0 Å². The number of methoxy groups -OCH3 is 1. The maximum atomic E-state index is 8.96. The molecule has 2 rings (SSSR count). The van der Waals surface area contributed by atoms with Gasteiger partial charge in [0.15, 0.2) is 5.82 Å². The van der Waals surface area contributed by atoms with Crippen molar-refractivity contribution in [3.05, 3.63) is 35.4 Å². The molecule has 6 heteroatoms. The van der Waals surface area contributed by atoms with Crippen molar-refractivity contribution in [2.45, 2.75) is 6.42 Å². The number of nitrogens with one attached hydrogen (secondary N) is 1. The van der Waals surface area contributed by atoms with E-state index in [4.69, 9.17) is 15.7 Å². The molecule has 0 bridgehead atoms. The highest BCUT2D eigenvalue weighted by Gasteiger charge is 2.10. The Morgan fingerprint density at radius 3 is 3.00 bits per heavy atom. The number of hydrogen-bond acceptors (Lipinski definition) is 6. The molecule has 0 saturated carbocycles. The molecular weight excluding hydrogens is 260 g/mol. The molecular formula is C13H14N4OS. The minimum absolute atomic E-state index is 0.285. The van der Waals surface area contributed by atoms with E-state index in [0.29, 0.717) is 12.1 Å². The fraction of sp³-hybridized carbons (Fsp3) is 0.231. The zero-order chi connectivity index (χ0) is 13.7. The SMILES string of the molecule is COc1ccccc1CCNc1snc(N)c1C#N. The molecule has 0 amide bonds. The largest absolute Gasteiger partial charge is 0.496 e. The highest BCUT2D eigenvalue weighted by atomic mass is 32.1. The summed E-state index contributed by atoms with van der Waals surface area (Å²) >= 11 is 1.21. The minimum Gasteiger partial charge on any atom is -0.496 e. The Bertz CT molecular complexity index is 603. The Labute approximate surface area is 115 Å². The predicted octanol–water partition coefficient (Wildman–Crippen LogP) is 2.26. The van der Waals surface area contributed by atoms with Gasteiger partial charge in [0, 0.05) is 6.54 Å². The van der Waals surface area contributed by atoms with Crippen LogP contribution in [0.3, 0.4) is 0 Å². The Morgan fingerprint density at radius 1 is 1.47 bits per heavy atom. The maximum Gasteiger partial charge on any atom is 0.157 e. The summed E-state index contributed by atoms with van der Waals surface area (Å²) in [5.41, 5.74) is 7.14. The summed E-state index contributed by atoms with van der Waals surface area (Å²) in [5, 5.41) is 12.9. The van der Waals surface area contributed by atoms with Gasteiger partial charge in [-0.2, -0.15) is 9.64 Å². The standard InChI is InChI=1S/C13H14N4OS/c1-18-11-5-3-2-4-9(11)6-7-16-13-10(8-14)12(15)17-19-13/h2-5,16H,6-7H2,1H3,(H2,15,17). The molecule has 19 heavy (non-hydrogen) atoms. The smallest absolute Gasteiger partial charge is 0.157 e. The second-order valence-electron chi connectivity index (χ2n) is 3.87. The average Bonchev–Trinajstić information content (AvgIpc) is 2.79. The van der Waals surface area contributed by atoms with E-state index < -0.39 is 0 Å². The summed E-state index contributed by atoms with van der Waals surface area (Å²) in [6.07, 6.45) is 0.798. The first kappa shape index (κ1) is 13.2. The lowest BCUT2D eigenvalue weighted by molar-refractivity contribution is 0.410. The molecule has 0 aliphatic carbocycles. The van der Waals surface area contributed by atoms with Crippen LogP contribution in [-0.2, 0) is 6.42 Å². The number of hydrogen-bond donors (Lipinski definition) is 2. The Hall–Kier alpha value is -2.26. The van der Waals surface area contributed by atoms with Crippen LogP contribution in [0.15, 0.2) is 24.3 Å². The van der Waals surface area contributed by atoms with E-state index in [1.165, 1.54) is 11.5 Å². The zero-order valence-electron chi connectivity index (χ0n) is 10.5. The molecule has 0 radical (unpaired) electrons. The number of anilines is 2. The van der Waals surface area contributed by atoms with Crippen LogP contribution < -0.4 is 15.8 Å². The van der Waals surface area contributed by atoms with Gasteiger partial charge in [-0.05, 0) is 29.6 Å². The van der Waals surface area contributed by atoms with Crippen LogP contribution in [0.2, 0.25) is 0 Å². The number of aromatic nitrogens is 1. The Balaban J connectivity index is 1.99. The number of para-hydroxylation sites is 1. The Morgan fingerprint density at radius 2 is 2.26 bits per heavy atom. The molecule has 0 fully saturated rings. The molecule has 0 spiro atoms. The predicted molar refractivity (Wildman–Crippen MR) is 76.4 cm³/mol. The van der Waals surface area contributed by atoms with E-state index in [1.807, 2.05) is 24.3 Å². The lowest BCUT2D eigenvalue weighted by Crippen LogP contribution is -2.06. The van der Waals surface area contributed by atoms with Crippen molar-refractivity contribution in [1.82, 2.24) is 4.37 Å². The summed E-state index contributed by atoms with van der Waals surface area (Å²) in [5.74, 6) is 1.15. The van der Waals surface area contributed by atoms with Gasteiger partial charge in [-0.15, -0.1) is 0 Å². The maximum absolute atomic E-state index is 8.96. The van der Waals surface area contributed by atoms with Gasteiger partial charge in [-0.3, -0.25) is 0 Å². The van der Waals surface area contributed by atoms with Gasteiger partial charge in [-0.25, -0.2) is 0 Å². The fourth-order valence-corrected chi connectivity index (χ4v) is 2.44. The monoisotopic (exact) mass is 274 g/mol. The minimum atomic E-state index is 0.285. The summed E-state index contributed by atoms with van der Waals surface area (Å²) in [6.45, 7) is 0.691. The van der Waals surface area contributed by atoms with Crippen LogP contribution in [0.5, 0.6) is 5.75 Å². The molecule has 1 heterocycles. The Kier molecular flexibility index (Phi) is 4.21. The average molecular weight is 274 g/mol. The van der Waals surface area contributed by atoms with Gasteiger partial charge in [0.1, 0.15) is 22.4 Å². The molecule has 98 valence electrons. The molecule has 1 aromatic heterocycles. The number of nitriles is 1. The number of nitrogen functional groups attached to an aromatic ring is 1. The van der Waals surface area contributed by atoms with Gasteiger partial charge in [0.05, 0.1) is 7.11 Å². The molecule has 0 aliphatic heterocycles. The van der Waals surface area contributed by atoms with Gasteiger partial charge < -0.3 is 15.8 Å². The van der Waals surface area contributed by atoms with Gasteiger partial charge >= 0.3 is 0 Å². The first-order valence-corrected chi connectivity index (χ1v) is 6.54. The summed E-state index contributed by atoms with van der Waals surface area (Å²) in [4.78, 5) is 0. The topological polar surface area (TPSA) is 84.0 Å². The first-order valence-electron chi connectivity index (χ1n) is 5.77. The molecule has 3 N–H and O–H groups in total. The fourth-order valence-electron chi connectivity index (χ4n) is 1.75. The highest BCUT2D eigenvalue weighted by molar-refractivity contribution is 7.10. The van der Waals surface area contributed by atoms with Crippen molar-refractivity contribution >= 4 is 22.4 Å². The summed E-state index contributed by atoms with van der Waals surface area (Å²) in [6, 6.07) is 9.92. The van der Waals surface area contributed by atoms with E-state index in [9.17, 15) is 0 Å². The van der Waals surface area contributed by atoms with Gasteiger partial charge in [-0.1, -0.05) is 18.2 Å². The lowest BCUT2D eigenvalue weighted by Gasteiger charge is -2.08. The molecule has 0 unspecified atom stereocenters. The van der Waals surface area contributed by atoms with Gasteiger partial charge in [0.25, 0.3) is 0 Å². The second kappa shape index (κ2) is 6.07. The molecule has 0 saturated heterocycles. The third-order valence-corrected chi connectivity index (χ3v) is 3.52. The second-order valence-corrected chi connectivity index (χ2v) is 4.65. The van der Waals surface area contributed by atoms with Crippen LogP contribution >= 0.6 is 11.5 Å². The van der Waals surface area contributed by atoms with Crippen molar-refractivity contribution in [2.24, 2.45) is 0 Å². The van der Waals surface area contributed by atoms with Crippen LogP contribution in [0, 0.1) is 11.3 Å². The van der Waals surface area contributed by atoms with E-state index in [-0.39, 0.29) is 5.82 Å². The number of nitrogens with two attached hydrogens (primary N) is 1. The number of benzene rings is 1. The third-order valence-electron chi connectivity index (χ3n) is 2.70. The number of nitrogens with zero attached hydrogens (tertiary/aromatic N) is 2. The van der Waals surface area contributed by atoms with Crippen LogP contribution in [0.1, 0.15) is 11.1 Å². The molecule has 0 atom stereocenters. The lowest BCUT2D eigenvalue weighted by atomic mass is 10.1. The highest BCUT2D eigenvalue weighted by Crippen LogP contribution is 2.25. The van der Waals surface area contributed by atoms with Crippen molar-refractivity contribution in [2.75, 3.05) is 24.7 Å². The van der Waals surface area contributed by atoms with E-state index in [1.54, 1.807) is 7.11 Å². The summed E-state index contributed by atoms with van der Waals surface area (Å²) < 4.78 is 9.24. The van der Waals surface area contributed by atoms with Crippen LogP contribution in [0.25, 0.3) is 0 Å². The molecule has 2 aromatic rings. The number of rotatable bonds is 5. The zero-order valence-corrected chi connectivity index (χ0v) is 11.3.